The second kappa shape index (κ2) is 13.1. The molecule has 0 aromatic heterocycles. The number of carbonyl (C=O) groups is 1. The topological polar surface area (TPSA) is 37.3 Å². The number of carbonyl (C=O) groups excluding carboxylic acids is 1. The molecule has 0 bridgehead atoms. The first-order valence-corrected chi connectivity index (χ1v) is 5.89. The Morgan fingerprint density at radius 2 is 1.39 bits per heavy atom. The van der Waals surface area contributed by atoms with Crippen LogP contribution in [0.3, 0.4) is 0 Å². The first-order valence-electron chi connectivity index (χ1n) is 5.89. The maximum absolute atomic E-state index is 9.95. The Bertz CT molecular complexity index is 369. The van der Waals surface area contributed by atoms with Crippen LogP contribution in [0.1, 0.15) is 13.3 Å². The zero-order valence-electron chi connectivity index (χ0n) is 10.6. The third kappa shape index (κ3) is 12.1. The molecule has 18 heavy (non-hydrogen) atoms. The molecule has 0 saturated carbocycles. The molecule has 96 valence electrons. The third-order valence-electron chi connectivity index (χ3n) is 1.91. The predicted molar refractivity (Wildman–Crippen MR) is 77.2 cm³/mol. The van der Waals surface area contributed by atoms with Gasteiger partial charge in [-0.05, 0) is 19.4 Å². The highest BCUT2D eigenvalue weighted by Gasteiger charge is 1.91. The van der Waals surface area contributed by atoms with Gasteiger partial charge in [0.1, 0.15) is 6.29 Å². The van der Waals surface area contributed by atoms with Gasteiger partial charge in [-0.15, -0.1) is 0 Å². The highest BCUT2D eigenvalue weighted by molar-refractivity contribution is 5.65. The molecule has 0 aromatic carbocycles. The highest BCUT2D eigenvalue weighted by atomic mass is 16.3. The lowest BCUT2D eigenvalue weighted by Crippen LogP contribution is -1.98. The molecule has 2 nitrogen and oxygen atoms in total. The molecule has 0 saturated heterocycles. The number of hydrogen-bond acceptors (Lipinski definition) is 2. The largest absolute Gasteiger partial charge is 0.389 e. The van der Waals surface area contributed by atoms with E-state index in [4.69, 9.17) is 0 Å². The standard InChI is InChI=1S/C16H20O2/c1-2-3-13-16(18)14-11-9-7-5-4-6-8-10-12-15-17/h2-12,14-16,18H,13H2,1H3/b3-2-,5-4+,8-6+,9-7+,12-10+,14-11+/t16-/m1/s1. The summed E-state index contributed by atoms with van der Waals surface area (Å²) >= 11 is 0. The van der Waals surface area contributed by atoms with Crippen molar-refractivity contribution < 1.29 is 9.90 Å². The van der Waals surface area contributed by atoms with Gasteiger partial charge in [0, 0.05) is 0 Å². The smallest absolute Gasteiger partial charge is 0.142 e. The molecule has 0 aromatic rings. The van der Waals surface area contributed by atoms with Crippen LogP contribution in [0.4, 0.5) is 0 Å². The van der Waals surface area contributed by atoms with Crippen LogP contribution in [0.5, 0.6) is 0 Å². The van der Waals surface area contributed by atoms with Crippen LogP contribution in [-0.4, -0.2) is 17.5 Å². The van der Waals surface area contributed by atoms with Gasteiger partial charge in [0.25, 0.3) is 0 Å². The van der Waals surface area contributed by atoms with E-state index in [1.165, 1.54) is 6.08 Å². The Kier molecular flexibility index (Phi) is 11.7. The molecule has 1 N–H and O–H groups in total. The average Bonchev–Trinajstić information content (AvgIpc) is 2.38. The minimum Gasteiger partial charge on any atom is -0.389 e. The van der Waals surface area contributed by atoms with Gasteiger partial charge in [0.15, 0.2) is 0 Å². The Hall–Kier alpha value is -1.93. The van der Waals surface area contributed by atoms with E-state index >= 15 is 0 Å². The van der Waals surface area contributed by atoms with Crippen LogP contribution < -0.4 is 0 Å². The van der Waals surface area contributed by atoms with E-state index in [2.05, 4.69) is 0 Å². The summed E-state index contributed by atoms with van der Waals surface area (Å²) in [6.07, 6.45) is 22.5. The quantitative estimate of drug-likeness (QED) is 0.308. The second-order valence-electron chi connectivity index (χ2n) is 3.43. The van der Waals surface area contributed by atoms with E-state index in [1.807, 2.05) is 55.5 Å². The van der Waals surface area contributed by atoms with Crippen LogP contribution >= 0.6 is 0 Å². The molecule has 0 aliphatic heterocycles. The number of aliphatic hydroxyl groups excluding tert-OH is 1. The maximum Gasteiger partial charge on any atom is 0.142 e. The van der Waals surface area contributed by atoms with Crippen molar-refractivity contribution in [3.05, 3.63) is 72.9 Å². The molecular formula is C16H20O2. The van der Waals surface area contributed by atoms with Crippen molar-refractivity contribution in [3.8, 4) is 0 Å². The van der Waals surface area contributed by atoms with E-state index in [0.29, 0.717) is 6.42 Å². The van der Waals surface area contributed by atoms with E-state index in [9.17, 15) is 9.90 Å². The summed E-state index contributed by atoms with van der Waals surface area (Å²) in [4.78, 5) is 9.95. The fourth-order valence-corrected chi connectivity index (χ4v) is 1.04. The number of allylic oxidation sites excluding steroid dienone is 10. The lowest BCUT2D eigenvalue weighted by molar-refractivity contribution is -0.104. The highest BCUT2D eigenvalue weighted by Crippen LogP contribution is 1.95. The molecule has 0 amide bonds. The van der Waals surface area contributed by atoms with Gasteiger partial charge in [-0.1, -0.05) is 66.8 Å². The number of rotatable bonds is 8. The third-order valence-corrected chi connectivity index (χ3v) is 1.91. The van der Waals surface area contributed by atoms with Crippen molar-refractivity contribution in [1.29, 1.82) is 0 Å². The molecule has 0 heterocycles. The van der Waals surface area contributed by atoms with E-state index in [0.717, 1.165) is 6.29 Å². The molecule has 0 unspecified atom stereocenters. The first kappa shape index (κ1) is 16.1. The average molecular weight is 244 g/mol. The van der Waals surface area contributed by atoms with Gasteiger partial charge in [-0.3, -0.25) is 4.79 Å². The van der Waals surface area contributed by atoms with Crippen molar-refractivity contribution in [2.45, 2.75) is 19.4 Å². The van der Waals surface area contributed by atoms with Crippen molar-refractivity contribution in [3.63, 3.8) is 0 Å². The summed E-state index contributed by atoms with van der Waals surface area (Å²) in [5.41, 5.74) is 0. The Balaban J connectivity index is 3.85. The van der Waals surface area contributed by atoms with E-state index in [1.54, 1.807) is 18.2 Å². The molecule has 0 radical (unpaired) electrons. The second-order valence-corrected chi connectivity index (χ2v) is 3.43. The van der Waals surface area contributed by atoms with Crippen molar-refractivity contribution >= 4 is 6.29 Å². The van der Waals surface area contributed by atoms with Crippen LogP contribution in [0.15, 0.2) is 72.9 Å². The zero-order chi connectivity index (χ0) is 13.5. The first-order chi connectivity index (χ1) is 8.81. The summed E-state index contributed by atoms with van der Waals surface area (Å²) in [5.74, 6) is 0. The monoisotopic (exact) mass is 244 g/mol. The van der Waals surface area contributed by atoms with Crippen LogP contribution in [0.2, 0.25) is 0 Å². The Morgan fingerprint density at radius 3 is 1.89 bits per heavy atom. The maximum atomic E-state index is 9.95. The van der Waals surface area contributed by atoms with Gasteiger partial charge in [0.2, 0.25) is 0 Å². The SMILES string of the molecule is C/C=C\C[C@@H](O)/C=C/C=C/C=C/C=C/C=C/C=O. The van der Waals surface area contributed by atoms with Gasteiger partial charge in [0.05, 0.1) is 6.10 Å². The van der Waals surface area contributed by atoms with Crippen molar-refractivity contribution in [2.24, 2.45) is 0 Å². The summed E-state index contributed by atoms with van der Waals surface area (Å²) in [5, 5.41) is 9.47. The molecule has 0 rings (SSSR count). The molecular weight excluding hydrogens is 224 g/mol. The Labute approximate surface area is 109 Å². The number of aldehydes is 1. The van der Waals surface area contributed by atoms with Crippen LogP contribution in [0.25, 0.3) is 0 Å². The van der Waals surface area contributed by atoms with Crippen molar-refractivity contribution in [1.82, 2.24) is 0 Å². The number of hydrogen-bond donors (Lipinski definition) is 1. The zero-order valence-corrected chi connectivity index (χ0v) is 10.6. The molecule has 2 heteroatoms. The minimum atomic E-state index is -0.428. The summed E-state index contributed by atoms with van der Waals surface area (Å²) < 4.78 is 0. The van der Waals surface area contributed by atoms with Gasteiger partial charge < -0.3 is 5.11 Å². The van der Waals surface area contributed by atoms with Crippen LogP contribution in [-0.2, 0) is 4.79 Å². The lowest BCUT2D eigenvalue weighted by atomic mass is 10.2. The summed E-state index contributed by atoms with van der Waals surface area (Å²) in [6.45, 7) is 1.93. The van der Waals surface area contributed by atoms with Gasteiger partial charge >= 0.3 is 0 Å². The molecule has 1 atom stereocenters. The van der Waals surface area contributed by atoms with E-state index < -0.39 is 6.10 Å². The molecule has 0 spiro atoms. The van der Waals surface area contributed by atoms with E-state index in [-0.39, 0.29) is 0 Å². The fraction of sp³-hybridized carbons (Fsp3) is 0.188. The molecule has 0 aliphatic carbocycles. The Morgan fingerprint density at radius 1 is 0.889 bits per heavy atom. The minimum absolute atomic E-state index is 0.428. The molecule has 0 fully saturated rings. The number of aliphatic hydroxyl groups is 1. The predicted octanol–water partition coefficient (Wildman–Crippen LogP) is 3.29. The van der Waals surface area contributed by atoms with Crippen molar-refractivity contribution in [2.75, 3.05) is 0 Å². The van der Waals surface area contributed by atoms with Gasteiger partial charge in [-0.2, -0.15) is 0 Å². The lowest BCUT2D eigenvalue weighted by Gasteiger charge is -1.97. The molecule has 0 aliphatic rings. The summed E-state index contributed by atoms with van der Waals surface area (Å²) in [6, 6.07) is 0. The summed E-state index contributed by atoms with van der Waals surface area (Å²) in [7, 11) is 0. The normalized spacial score (nSPS) is 15.2. The van der Waals surface area contributed by atoms with Crippen LogP contribution in [0, 0.1) is 0 Å². The van der Waals surface area contributed by atoms with Gasteiger partial charge in [-0.25, -0.2) is 0 Å². The fourth-order valence-electron chi connectivity index (χ4n) is 1.04.